The van der Waals surface area contributed by atoms with Gasteiger partial charge in [0.15, 0.2) is 0 Å². The van der Waals surface area contributed by atoms with Gasteiger partial charge in [0, 0.05) is 37.8 Å². The summed E-state index contributed by atoms with van der Waals surface area (Å²) in [6.45, 7) is 0.108. The predicted molar refractivity (Wildman–Crippen MR) is 91.9 cm³/mol. The van der Waals surface area contributed by atoms with E-state index in [0.29, 0.717) is 18.7 Å². The Bertz CT molecular complexity index is 765. The predicted octanol–water partition coefficient (Wildman–Crippen LogP) is 2.20. The second kappa shape index (κ2) is 7.82. The first-order chi connectivity index (χ1) is 12.5. The molecule has 2 aromatic rings. The van der Waals surface area contributed by atoms with E-state index in [0.717, 1.165) is 5.56 Å². The van der Waals surface area contributed by atoms with Gasteiger partial charge in [0.25, 0.3) is 0 Å². The van der Waals surface area contributed by atoms with Crippen LogP contribution in [0.4, 0.5) is 8.78 Å². The van der Waals surface area contributed by atoms with Gasteiger partial charge in [-0.15, -0.1) is 0 Å². The molecule has 26 heavy (non-hydrogen) atoms. The minimum Gasteiger partial charge on any atom is -0.434 e. The fourth-order valence-electron chi connectivity index (χ4n) is 3.38. The number of amides is 1. The molecule has 0 saturated carbocycles. The summed E-state index contributed by atoms with van der Waals surface area (Å²) in [7, 11) is 1.84. The summed E-state index contributed by atoms with van der Waals surface area (Å²) >= 11 is 0. The van der Waals surface area contributed by atoms with Gasteiger partial charge in [0.1, 0.15) is 5.75 Å². The van der Waals surface area contributed by atoms with Gasteiger partial charge in [-0.05, 0) is 18.6 Å². The van der Waals surface area contributed by atoms with E-state index in [4.69, 9.17) is 0 Å². The van der Waals surface area contributed by atoms with Crippen LogP contribution in [-0.4, -0.2) is 35.4 Å². The largest absolute Gasteiger partial charge is 0.434 e. The van der Waals surface area contributed by atoms with Crippen LogP contribution in [0.5, 0.6) is 5.75 Å². The lowest BCUT2D eigenvalue weighted by atomic mass is 9.90. The fourth-order valence-corrected chi connectivity index (χ4v) is 3.38. The highest BCUT2D eigenvalue weighted by molar-refractivity contribution is 5.81. The number of rotatable bonds is 6. The van der Waals surface area contributed by atoms with E-state index in [1.54, 1.807) is 36.0 Å². The van der Waals surface area contributed by atoms with Gasteiger partial charge in [0.05, 0.1) is 18.2 Å². The van der Waals surface area contributed by atoms with Crippen LogP contribution in [0.2, 0.25) is 0 Å². The van der Waals surface area contributed by atoms with Crippen molar-refractivity contribution in [3.8, 4) is 5.75 Å². The first-order valence-electron chi connectivity index (χ1n) is 8.49. The van der Waals surface area contributed by atoms with Crippen molar-refractivity contribution in [2.75, 3.05) is 13.1 Å². The monoisotopic (exact) mass is 364 g/mol. The Kier molecular flexibility index (Phi) is 5.51. The lowest BCUT2D eigenvalue weighted by molar-refractivity contribution is -0.125. The van der Waals surface area contributed by atoms with Crippen LogP contribution in [-0.2, 0) is 11.8 Å². The van der Waals surface area contributed by atoms with Crippen molar-refractivity contribution >= 4 is 5.91 Å². The second-order valence-electron chi connectivity index (χ2n) is 6.47. The second-order valence-corrected chi connectivity index (χ2v) is 6.47. The van der Waals surface area contributed by atoms with Crippen LogP contribution >= 0.6 is 0 Å². The minimum atomic E-state index is -2.91. The van der Waals surface area contributed by atoms with Gasteiger partial charge in [-0.2, -0.15) is 13.9 Å². The van der Waals surface area contributed by atoms with Crippen LogP contribution in [0.1, 0.15) is 30.0 Å². The maximum atomic E-state index is 12.8. The zero-order valence-electron chi connectivity index (χ0n) is 14.7. The maximum Gasteiger partial charge on any atom is 0.387 e. The molecule has 1 aromatic carbocycles. The molecule has 1 aromatic heterocycles. The molecule has 0 spiro atoms. The smallest absolute Gasteiger partial charge is 0.387 e. The number of benzene rings is 1. The number of alkyl halides is 2. The Labute approximate surface area is 150 Å². The van der Waals surface area contributed by atoms with Crippen molar-refractivity contribution in [3.05, 3.63) is 47.8 Å². The number of hydrogen-bond acceptors (Lipinski definition) is 4. The third-order valence-electron chi connectivity index (χ3n) is 4.66. The van der Waals surface area contributed by atoms with Crippen LogP contribution in [0, 0.1) is 5.92 Å². The Balaban J connectivity index is 1.71. The van der Waals surface area contributed by atoms with E-state index in [-0.39, 0.29) is 23.5 Å². The summed E-state index contributed by atoms with van der Waals surface area (Å²) in [5.74, 6) is -0.264. The van der Waals surface area contributed by atoms with Crippen molar-refractivity contribution < 1.29 is 18.3 Å². The molecule has 3 rings (SSSR count). The molecule has 1 unspecified atom stereocenters. The third kappa shape index (κ3) is 4.01. The molecular formula is C18H22F2N4O2. The topological polar surface area (TPSA) is 68.2 Å². The Morgan fingerprint density at radius 1 is 1.38 bits per heavy atom. The van der Waals surface area contributed by atoms with E-state index >= 15 is 0 Å². The number of aryl methyl sites for hydroxylation is 1. The molecule has 0 bridgehead atoms. The lowest BCUT2D eigenvalue weighted by Crippen LogP contribution is -2.36. The van der Waals surface area contributed by atoms with Gasteiger partial charge < -0.3 is 15.4 Å². The molecule has 8 heteroatoms. The minimum absolute atomic E-state index is 0.0310. The summed E-state index contributed by atoms with van der Waals surface area (Å²) in [5.41, 5.74) is 1.52. The third-order valence-corrected chi connectivity index (χ3v) is 4.66. The molecule has 140 valence electrons. The van der Waals surface area contributed by atoms with E-state index in [2.05, 4.69) is 20.5 Å². The molecule has 1 aliphatic heterocycles. The Hall–Kier alpha value is -2.48. The fraction of sp³-hybridized carbons (Fsp3) is 0.444. The van der Waals surface area contributed by atoms with Crippen molar-refractivity contribution in [1.29, 1.82) is 0 Å². The normalized spacial score (nSPS) is 21.0. The van der Waals surface area contributed by atoms with E-state index in [9.17, 15) is 13.6 Å². The van der Waals surface area contributed by atoms with E-state index in [1.165, 1.54) is 6.07 Å². The number of para-hydroxylation sites is 1. The molecule has 1 fully saturated rings. The molecule has 2 heterocycles. The Morgan fingerprint density at radius 2 is 2.15 bits per heavy atom. The molecular weight excluding hydrogens is 342 g/mol. The highest BCUT2D eigenvalue weighted by Gasteiger charge is 2.35. The Morgan fingerprint density at radius 3 is 2.85 bits per heavy atom. The standard InChI is InChI=1S/C18H22F2N4O2/c1-11(13-5-3-4-6-16(13)26-18(19)20)23-17(25)15-9-21-8-14(15)12-7-22-24(2)10-12/h3-7,10-11,14-15,18,21H,8-9H2,1-2H3,(H,23,25)/t11?,14-,15+/m1/s1. The average molecular weight is 364 g/mol. The number of nitrogens with one attached hydrogen (secondary N) is 2. The molecule has 0 radical (unpaired) electrons. The van der Waals surface area contributed by atoms with Crippen molar-refractivity contribution in [1.82, 2.24) is 20.4 Å². The van der Waals surface area contributed by atoms with Gasteiger partial charge in [0.2, 0.25) is 5.91 Å². The maximum absolute atomic E-state index is 12.8. The van der Waals surface area contributed by atoms with Crippen molar-refractivity contribution in [2.45, 2.75) is 25.5 Å². The zero-order valence-corrected chi connectivity index (χ0v) is 14.7. The molecule has 0 aliphatic carbocycles. The molecule has 2 N–H and O–H groups in total. The van der Waals surface area contributed by atoms with Crippen molar-refractivity contribution in [2.24, 2.45) is 13.0 Å². The number of carbonyl (C=O) groups excluding carboxylic acids is 1. The van der Waals surface area contributed by atoms with Crippen LogP contribution in [0.25, 0.3) is 0 Å². The SMILES string of the molecule is CC(NC(=O)[C@H]1CNC[C@@H]1c1cnn(C)c1)c1ccccc1OC(F)F. The molecule has 6 nitrogen and oxygen atoms in total. The highest BCUT2D eigenvalue weighted by atomic mass is 19.3. The molecule has 1 amide bonds. The van der Waals surface area contributed by atoms with Gasteiger partial charge in [-0.3, -0.25) is 9.48 Å². The summed E-state index contributed by atoms with van der Waals surface area (Å²) in [6.07, 6.45) is 3.68. The summed E-state index contributed by atoms with van der Waals surface area (Å²) < 4.78 is 31.4. The van der Waals surface area contributed by atoms with Gasteiger partial charge in [-0.25, -0.2) is 0 Å². The van der Waals surface area contributed by atoms with Crippen LogP contribution in [0.3, 0.4) is 0 Å². The summed E-state index contributed by atoms with van der Waals surface area (Å²) in [5, 5.41) is 10.3. The summed E-state index contributed by atoms with van der Waals surface area (Å²) in [6, 6.07) is 6.04. The van der Waals surface area contributed by atoms with Gasteiger partial charge in [-0.1, -0.05) is 18.2 Å². The van der Waals surface area contributed by atoms with E-state index < -0.39 is 12.7 Å². The highest BCUT2D eigenvalue weighted by Crippen LogP contribution is 2.30. The van der Waals surface area contributed by atoms with Gasteiger partial charge >= 0.3 is 6.61 Å². The first-order valence-corrected chi connectivity index (χ1v) is 8.49. The number of hydrogen-bond donors (Lipinski definition) is 2. The number of halogens is 2. The molecule has 3 atom stereocenters. The lowest BCUT2D eigenvalue weighted by Gasteiger charge is -2.22. The molecule has 1 saturated heterocycles. The van der Waals surface area contributed by atoms with Crippen LogP contribution < -0.4 is 15.4 Å². The number of aromatic nitrogens is 2. The first kappa shape index (κ1) is 18.3. The van der Waals surface area contributed by atoms with E-state index in [1.807, 2.05) is 13.2 Å². The van der Waals surface area contributed by atoms with Crippen LogP contribution in [0.15, 0.2) is 36.7 Å². The number of nitrogens with zero attached hydrogens (tertiary/aromatic N) is 2. The zero-order chi connectivity index (χ0) is 18.7. The quantitative estimate of drug-likeness (QED) is 0.825. The molecule has 1 aliphatic rings. The number of carbonyl (C=O) groups is 1. The summed E-state index contributed by atoms with van der Waals surface area (Å²) in [4.78, 5) is 12.8. The average Bonchev–Trinajstić information content (AvgIpc) is 3.23. The number of ether oxygens (including phenoxy) is 1. The van der Waals surface area contributed by atoms with Crippen molar-refractivity contribution in [3.63, 3.8) is 0 Å².